The molecule has 0 aliphatic carbocycles. The lowest BCUT2D eigenvalue weighted by Crippen LogP contribution is -2.00. The number of benzene rings is 1. The van der Waals surface area contributed by atoms with Crippen molar-refractivity contribution in [2.45, 2.75) is 6.61 Å². The number of hydrogen-bond donors (Lipinski definition) is 1. The molecule has 0 atom stereocenters. The Bertz CT molecular complexity index is 485. The fraction of sp³-hybridized carbons (Fsp3) is 0.100. The Hall–Kier alpha value is -1.61. The molecule has 13 heavy (non-hydrogen) atoms. The predicted octanol–water partition coefficient (Wildman–Crippen LogP) is 1.29. The SMILES string of the molecule is O=c1occ(CO)c2ccccc12. The highest BCUT2D eigenvalue weighted by molar-refractivity contribution is 5.83. The van der Waals surface area contributed by atoms with Gasteiger partial charge in [0.25, 0.3) is 0 Å². The van der Waals surface area contributed by atoms with Crippen molar-refractivity contribution in [3.05, 3.63) is 46.5 Å². The van der Waals surface area contributed by atoms with Gasteiger partial charge in [-0.2, -0.15) is 0 Å². The number of rotatable bonds is 1. The van der Waals surface area contributed by atoms with Gasteiger partial charge in [0, 0.05) is 5.56 Å². The molecule has 1 aromatic heterocycles. The summed E-state index contributed by atoms with van der Waals surface area (Å²) in [6.45, 7) is -0.121. The van der Waals surface area contributed by atoms with Crippen molar-refractivity contribution >= 4 is 10.8 Å². The van der Waals surface area contributed by atoms with E-state index in [0.29, 0.717) is 10.9 Å². The van der Waals surface area contributed by atoms with Gasteiger partial charge in [0.15, 0.2) is 0 Å². The normalized spacial score (nSPS) is 10.5. The van der Waals surface area contributed by atoms with Crippen LogP contribution in [-0.2, 0) is 6.61 Å². The van der Waals surface area contributed by atoms with Crippen LogP contribution in [0, 0.1) is 0 Å². The second-order valence-corrected chi connectivity index (χ2v) is 2.75. The minimum Gasteiger partial charge on any atom is -0.430 e. The first kappa shape index (κ1) is 8.01. The Kier molecular flexibility index (Phi) is 1.87. The highest BCUT2D eigenvalue weighted by atomic mass is 16.4. The van der Waals surface area contributed by atoms with Crippen LogP contribution >= 0.6 is 0 Å². The van der Waals surface area contributed by atoms with Crippen molar-refractivity contribution < 1.29 is 9.52 Å². The van der Waals surface area contributed by atoms with Crippen LogP contribution < -0.4 is 5.63 Å². The molecule has 1 N–H and O–H groups in total. The summed E-state index contributed by atoms with van der Waals surface area (Å²) >= 11 is 0. The van der Waals surface area contributed by atoms with E-state index in [9.17, 15) is 4.79 Å². The summed E-state index contributed by atoms with van der Waals surface area (Å²) in [7, 11) is 0. The van der Waals surface area contributed by atoms with E-state index in [0.717, 1.165) is 5.39 Å². The molecule has 0 aliphatic heterocycles. The summed E-state index contributed by atoms with van der Waals surface area (Å²) < 4.78 is 4.75. The summed E-state index contributed by atoms with van der Waals surface area (Å²) in [6.07, 6.45) is 1.30. The second-order valence-electron chi connectivity index (χ2n) is 2.75. The maximum Gasteiger partial charge on any atom is 0.343 e. The molecule has 0 amide bonds. The predicted molar refractivity (Wildman–Crippen MR) is 48.4 cm³/mol. The van der Waals surface area contributed by atoms with Gasteiger partial charge in [-0.15, -0.1) is 0 Å². The lowest BCUT2D eigenvalue weighted by molar-refractivity contribution is 0.279. The molecule has 3 nitrogen and oxygen atoms in total. The monoisotopic (exact) mass is 176 g/mol. The van der Waals surface area contributed by atoms with Crippen molar-refractivity contribution in [2.24, 2.45) is 0 Å². The average molecular weight is 176 g/mol. The van der Waals surface area contributed by atoms with E-state index in [1.54, 1.807) is 18.2 Å². The summed E-state index contributed by atoms with van der Waals surface area (Å²) in [5.74, 6) is 0. The molecular weight excluding hydrogens is 168 g/mol. The maximum absolute atomic E-state index is 11.2. The fourth-order valence-corrected chi connectivity index (χ4v) is 1.32. The molecule has 0 saturated carbocycles. The van der Waals surface area contributed by atoms with Crippen molar-refractivity contribution in [3.63, 3.8) is 0 Å². The molecule has 1 heterocycles. The highest BCUT2D eigenvalue weighted by Crippen LogP contribution is 2.14. The molecule has 1 aromatic carbocycles. The zero-order valence-electron chi connectivity index (χ0n) is 6.86. The van der Waals surface area contributed by atoms with E-state index in [1.807, 2.05) is 6.07 Å². The number of fused-ring (bicyclic) bond motifs is 1. The van der Waals surface area contributed by atoms with Gasteiger partial charge in [0.05, 0.1) is 12.0 Å². The largest absolute Gasteiger partial charge is 0.430 e. The van der Waals surface area contributed by atoms with Crippen LogP contribution in [0.1, 0.15) is 5.56 Å². The van der Waals surface area contributed by atoms with Crippen LogP contribution in [-0.4, -0.2) is 5.11 Å². The highest BCUT2D eigenvalue weighted by Gasteiger charge is 2.03. The second kappa shape index (κ2) is 3.03. The molecule has 0 radical (unpaired) electrons. The summed E-state index contributed by atoms with van der Waals surface area (Å²) in [5.41, 5.74) is 0.267. The zero-order chi connectivity index (χ0) is 9.26. The van der Waals surface area contributed by atoms with Crippen LogP contribution in [0.15, 0.2) is 39.7 Å². The topological polar surface area (TPSA) is 50.4 Å². The van der Waals surface area contributed by atoms with Crippen LogP contribution in [0.2, 0.25) is 0 Å². The molecule has 3 heteroatoms. The van der Waals surface area contributed by atoms with E-state index in [2.05, 4.69) is 0 Å². The molecule has 0 fully saturated rings. The first-order chi connectivity index (χ1) is 6.33. The summed E-state index contributed by atoms with van der Waals surface area (Å²) in [5, 5.41) is 10.2. The lowest BCUT2D eigenvalue weighted by Gasteiger charge is -1.99. The van der Waals surface area contributed by atoms with Crippen LogP contribution in [0.5, 0.6) is 0 Å². The molecule has 0 unspecified atom stereocenters. The zero-order valence-corrected chi connectivity index (χ0v) is 6.86. The van der Waals surface area contributed by atoms with Crippen LogP contribution in [0.25, 0.3) is 10.8 Å². The number of hydrogen-bond acceptors (Lipinski definition) is 3. The minimum absolute atomic E-state index is 0.121. The third-order valence-electron chi connectivity index (χ3n) is 1.97. The Labute approximate surface area is 74.2 Å². The Morgan fingerprint density at radius 2 is 1.92 bits per heavy atom. The molecule has 0 aliphatic rings. The maximum atomic E-state index is 11.2. The summed E-state index contributed by atoms with van der Waals surface area (Å²) in [4.78, 5) is 11.2. The first-order valence-corrected chi connectivity index (χ1v) is 3.93. The molecule has 2 aromatic rings. The van der Waals surface area contributed by atoms with Crippen molar-refractivity contribution in [2.75, 3.05) is 0 Å². The quantitative estimate of drug-likeness (QED) is 0.712. The fourth-order valence-electron chi connectivity index (χ4n) is 1.32. The van der Waals surface area contributed by atoms with Crippen LogP contribution in [0.4, 0.5) is 0 Å². The summed E-state index contributed by atoms with van der Waals surface area (Å²) in [6, 6.07) is 7.06. The van der Waals surface area contributed by atoms with Gasteiger partial charge in [-0.25, -0.2) is 4.79 Å². The number of aliphatic hydroxyl groups is 1. The molecule has 0 bridgehead atoms. The third-order valence-corrected chi connectivity index (χ3v) is 1.97. The van der Waals surface area contributed by atoms with Gasteiger partial charge < -0.3 is 9.52 Å². The van der Waals surface area contributed by atoms with E-state index < -0.39 is 0 Å². The van der Waals surface area contributed by atoms with E-state index in [-0.39, 0.29) is 12.2 Å². The molecular formula is C10H8O3. The van der Waals surface area contributed by atoms with Gasteiger partial charge in [0.1, 0.15) is 6.26 Å². The van der Waals surface area contributed by atoms with Crippen LogP contribution in [0.3, 0.4) is 0 Å². The average Bonchev–Trinajstić information content (AvgIpc) is 2.19. The van der Waals surface area contributed by atoms with Gasteiger partial charge in [-0.05, 0) is 11.5 Å². The Balaban J connectivity index is 2.93. The first-order valence-electron chi connectivity index (χ1n) is 3.93. The lowest BCUT2D eigenvalue weighted by atomic mass is 10.1. The Morgan fingerprint density at radius 1 is 1.23 bits per heavy atom. The van der Waals surface area contributed by atoms with Gasteiger partial charge in [-0.3, -0.25) is 0 Å². The van der Waals surface area contributed by atoms with E-state index in [4.69, 9.17) is 9.52 Å². The van der Waals surface area contributed by atoms with Gasteiger partial charge >= 0.3 is 5.63 Å². The number of aliphatic hydroxyl groups excluding tert-OH is 1. The Morgan fingerprint density at radius 3 is 2.62 bits per heavy atom. The molecule has 0 spiro atoms. The standard InChI is InChI=1S/C10H8O3/c11-5-7-6-13-10(12)9-4-2-1-3-8(7)9/h1-4,6,11H,5H2. The van der Waals surface area contributed by atoms with E-state index in [1.165, 1.54) is 6.26 Å². The van der Waals surface area contributed by atoms with Crippen molar-refractivity contribution in [1.82, 2.24) is 0 Å². The van der Waals surface area contributed by atoms with Gasteiger partial charge in [-0.1, -0.05) is 18.2 Å². The molecule has 66 valence electrons. The minimum atomic E-state index is -0.368. The molecule has 2 rings (SSSR count). The third kappa shape index (κ3) is 1.23. The van der Waals surface area contributed by atoms with E-state index >= 15 is 0 Å². The smallest absolute Gasteiger partial charge is 0.343 e. The van der Waals surface area contributed by atoms with Crippen molar-refractivity contribution in [1.29, 1.82) is 0 Å². The molecule has 0 saturated heterocycles. The van der Waals surface area contributed by atoms with Crippen molar-refractivity contribution in [3.8, 4) is 0 Å². The van der Waals surface area contributed by atoms with Gasteiger partial charge in [0.2, 0.25) is 0 Å².